The van der Waals surface area contributed by atoms with Gasteiger partial charge >= 0.3 is 0 Å². The predicted molar refractivity (Wildman–Crippen MR) is 61.9 cm³/mol. The summed E-state index contributed by atoms with van der Waals surface area (Å²) in [6.45, 7) is 4.08. The summed E-state index contributed by atoms with van der Waals surface area (Å²) < 4.78 is 5.14. The van der Waals surface area contributed by atoms with Gasteiger partial charge in [-0.3, -0.25) is 0 Å². The van der Waals surface area contributed by atoms with Crippen LogP contribution in [0.4, 0.5) is 0 Å². The molecule has 0 aliphatic heterocycles. The first-order valence-electron chi connectivity index (χ1n) is 5.47. The molecule has 0 bridgehead atoms. The van der Waals surface area contributed by atoms with Crippen LogP contribution in [0.15, 0.2) is 24.3 Å². The number of benzene rings is 1. The lowest BCUT2D eigenvalue weighted by atomic mass is 10.0. The molecule has 0 heterocycles. The highest BCUT2D eigenvalue weighted by atomic mass is 16.5. The quantitative estimate of drug-likeness (QED) is 0.806. The minimum absolute atomic E-state index is 0.0882. The molecule has 0 radical (unpaired) electrons. The van der Waals surface area contributed by atoms with Crippen molar-refractivity contribution >= 4 is 0 Å². The Morgan fingerprint density at radius 3 is 2.73 bits per heavy atom. The first kappa shape index (κ1) is 12.2. The topological polar surface area (TPSA) is 29.5 Å². The smallest absolute Gasteiger partial charge is 0.0814 e. The summed E-state index contributed by atoms with van der Waals surface area (Å²) in [6, 6.07) is 8.10. The van der Waals surface area contributed by atoms with Crippen LogP contribution in [0.5, 0.6) is 0 Å². The monoisotopic (exact) mass is 208 g/mol. The molecular weight excluding hydrogens is 188 g/mol. The van der Waals surface area contributed by atoms with Crippen LogP contribution in [-0.2, 0) is 11.2 Å². The second-order valence-corrected chi connectivity index (χ2v) is 3.90. The first-order valence-corrected chi connectivity index (χ1v) is 5.47. The molecule has 2 unspecified atom stereocenters. The van der Waals surface area contributed by atoms with E-state index in [4.69, 9.17) is 4.74 Å². The van der Waals surface area contributed by atoms with E-state index in [9.17, 15) is 5.11 Å². The molecule has 1 rings (SSSR count). The molecule has 84 valence electrons. The maximum Gasteiger partial charge on any atom is 0.0814 e. The van der Waals surface area contributed by atoms with Crippen LogP contribution in [0.1, 0.15) is 37.5 Å². The fourth-order valence-electron chi connectivity index (χ4n) is 1.57. The normalized spacial score (nSPS) is 14.9. The minimum Gasteiger partial charge on any atom is -0.388 e. The van der Waals surface area contributed by atoms with Gasteiger partial charge in [-0.15, -0.1) is 0 Å². The predicted octanol–water partition coefficient (Wildman–Crippen LogP) is 2.71. The highest BCUT2D eigenvalue weighted by Crippen LogP contribution is 2.20. The van der Waals surface area contributed by atoms with Crippen molar-refractivity contribution < 1.29 is 9.84 Å². The van der Waals surface area contributed by atoms with Crippen LogP contribution in [0.2, 0.25) is 0 Å². The van der Waals surface area contributed by atoms with E-state index in [-0.39, 0.29) is 6.10 Å². The number of rotatable bonds is 5. The molecule has 0 spiro atoms. The van der Waals surface area contributed by atoms with Gasteiger partial charge in [-0.1, -0.05) is 31.2 Å². The van der Waals surface area contributed by atoms with Gasteiger partial charge in [0, 0.05) is 13.5 Å². The van der Waals surface area contributed by atoms with Crippen molar-refractivity contribution in [3.63, 3.8) is 0 Å². The molecule has 15 heavy (non-hydrogen) atoms. The van der Waals surface area contributed by atoms with E-state index in [1.807, 2.05) is 19.1 Å². The van der Waals surface area contributed by atoms with Crippen LogP contribution >= 0.6 is 0 Å². The number of aryl methyl sites for hydroxylation is 1. The van der Waals surface area contributed by atoms with Crippen LogP contribution < -0.4 is 0 Å². The van der Waals surface area contributed by atoms with E-state index in [1.54, 1.807) is 7.11 Å². The summed E-state index contributed by atoms with van der Waals surface area (Å²) >= 11 is 0. The van der Waals surface area contributed by atoms with Crippen LogP contribution in [0.3, 0.4) is 0 Å². The molecule has 2 atom stereocenters. The molecule has 0 aromatic heterocycles. The van der Waals surface area contributed by atoms with Gasteiger partial charge in [0.25, 0.3) is 0 Å². The Morgan fingerprint density at radius 1 is 1.40 bits per heavy atom. The zero-order chi connectivity index (χ0) is 11.3. The molecular formula is C13H20O2. The molecule has 2 heteroatoms. The van der Waals surface area contributed by atoms with Crippen LogP contribution in [-0.4, -0.2) is 18.3 Å². The zero-order valence-corrected chi connectivity index (χ0v) is 9.73. The molecule has 0 saturated heterocycles. The van der Waals surface area contributed by atoms with E-state index in [1.165, 1.54) is 5.56 Å². The Kier molecular flexibility index (Phi) is 4.79. The van der Waals surface area contributed by atoms with Crippen molar-refractivity contribution in [3.8, 4) is 0 Å². The molecule has 0 saturated carbocycles. The number of aliphatic hydroxyl groups is 1. The Labute approximate surface area is 91.9 Å². The highest BCUT2D eigenvalue weighted by molar-refractivity contribution is 5.25. The average Bonchev–Trinajstić information content (AvgIpc) is 2.28. The molecule has 0 aliphatic rings. The second-order valence-electron chi connectivity index (χ2n) is 3.90. The van der Waals surface area contributed by atoms with E-state index in [0.29, 0.717) is 6.42 Å². The standard InChI is InChI=1S/C13H20O2/c1-4-11-6-5-7-12(9-11)13(14)8-10(2)15-3/h5-7,9-10,13-14H,4,8H2,1-3H3. The Bertz CT molecular complexity index is 296. The van der Waals surface area contributed by atoms with Crippen molar-refractivity contribution in [3.05, 3.63) is 35.4 Å². The van der Waals surface area contributed by atoms with Crippen molar-refractivity contribution in [2.24, 2.45) is 0 Å². The average molecular weight is 208 g/mol. The zero-order valence-electron chi connectivity index (χ0n) is 9.73. The number of aliphatic hydroxyl groups excluding tert-OH is 1. The number of methoxy groups -OCH3 is 1. The molecule has 1 aromatic rings. The summed E-state index contributed by atoms with van der Waals surface area (Å²) in [7, 11) is 1.67. The van der Waals surface area contributed by atoms with Crippen LogP contribution in [0, 0.1) is 0 Å². The van der Waals surface area contributed by atoms with Gasteiger partial charge in [-0.25, -0.2) is 0 Å². The Hall–Kier alpha value is -0.860. The summed E-state index contributed by atoms with van der Waals surface area (Å²) in [4.78, 5) is 0. The van der Waals surface area contributed by atoms with E-state index in [0.717, 1.165) is 12.0 Å². The number of ether oxygens (including phenoxy) is 1. The van der Waals surface area contributed by atoms with E-state index >= 15 is 0 Å². The molecule has 0 amide bonds. The van der Waals surface area contributed by atoms with Crippen molar-refractivity contribution in [1.29, 1.82) is 0 Å². The van der Waals surface area contributed by atoms with Crippen molar-refractivity contribution in [1.82, 2.24) is 0 Å². The molecule has 0 aliphatic carbocycles. The molecule has 0 fully saturated rings. The van der Waals surface area contributed by atoms with E-state index in [2.05, 4.69) is 19.1 Å². The van der Waals surface area contributed by atoms with Gasteiger partial charge in [-0.05, 0) is 24.5 Å². The molecule has 1 aromatic carbocycles. The largest absolute Gasteiger partial charge is 0.388 e. The minimum atomic E-state index is -0.425. The van der Waals surface area contributed by atoms with Crippen molar-refractivity contribution in [2.75, 3.05) is 7.11 Å². The maximum atomic E-state index is 9.96. The highest BCUT2D eigenvalue weighted by Gasteiger charge is 2.11. The lowest BCUT2D eigenvalue weighted by Crippen LogP contribution is -2.11. The summed E-state index contributed by atoms with van der Waals surface area (Å²) in [6.07, 6.45) is 1.31. The Balaban J connectivity index is 2.68. The number of hydrogen-bond acceptors (Lipinski definition) is 2. The molecule has 1 N–H and O–H groups in total. The molecule has 2 nitrogen and oxygen atoms in total. The summed E-state index contributed by atoms with van der Waals surface area (Å²) in [5.41, 5.74) is 2.25. The SMILES string of the molecule is CCc1cccc(C(O)CC(C)OC)c1. The van der Waals surface area contributed by atoms with E-state index < -0.39 is 6.10 Å². The maximum absolute atomic E-state index is 9.96. The van der Waals surface area contributed by atoms with Gasteiger partial charge in [0.05, 0.1) is 12.2 Å². The summed E-state index contributed by atoms with van der Waals surface area (Å²) in [5.74, 6) is 0. The lowest BCUT2D eigenvalue weighted by Gasteiger charge is -2.16. The van der Waals surface area contributed by atoms with Gasteiger partial charge in [0.2, 0.25) is 0 Å². The van der Waals surface area contributed by atoms with Gasteiger partial charge in [0.15, 0.2) is 0 Å². The fraction of sp³-hybridized carbons (Fsp3) is 0.538. The summed E-state index contributed by atoms with van der Waals surface area (Å²) in [5, 5.41) is 9.96. The van der Waals surface area contributed by atoms with Gasteiger partial charge < -0.3 is 9.84 Å². The van der Waals surface area contributed by atoms with Crippen molar-refractivity contribution in [2.45, 2.75) is 38.9 Å². The van der Waals surface area contributed by atoms with Gasteiger partial charge in [0.1, 0.15) is 0 Å². The second kappa shape index (κ2) is 5.89. The van der Waals surface area contributed by atoms with Crippen LogP contribution in [0.25, 0.3) is 0 Å². The Morgan fingerprint density at radius 2 is 2.13 bits per heavy atom. The number of hydrogen-bond donors (Lipinski definition) is 1. The lowest BCUT2D eigenvalue weighted by molar-refractivity contribution is 0.0559. The van der Waals surface area contributed by atoms with Gasteiger partial charge in [-0.2, -0.15) is 0 Å². The third kappa shape index (κ3) is 3.65. The fourth-order valence-corrected chi connectivity index (χ4v) is 1.57. The third-order valence-electron chi connectivity index (χ3n) is 2.70. The third-order valence-corrected chi connectivity index (χ3v) is 2.70. The first-order chi connectivity index (χ1) is 7.17.